The molecule has 1 aliphatic heterocycles. The molecule has 0 bridgehead atoms. The molecule has 0 spiro atoms. The van der Waals surface area contributed by atoms with Crippen molar-refractivity contribution < 1.29 is 10.0 Å². The third-order valence-corrected chi connectivity index (χ3v) is 3.60. The van der Waals surface area contributed by atoms with E-state index in [-0.39, 0.29) is 0 Å². The summed E-state index contributed by atoms with van der Waals surface area (Å²) in [5.41, 5.74) is 3.17. The first-order valence-corrected chi connectivity index (χ1v) is 6.51. The molecule has 19 heavy (non-hydrogen) atoms. The maximum absolute atomic E-state index is 9.42. The molecule has 1 fully saturated rings. The zero-order chi connectivity index (χ0) is 13.8. The lowest BCUT2D eigenvalue weighted by atomic mass is 9.75. The first kappa shape index (κ1) is 14.1. The molecule has 1 saturated heterocycles. The van der Waals surface area contributed by atoms with Gasteiger partial charge >= 0.3 is 7.12 Å². The van der Waals surface area contributed by atoms with Crippen molar-refractivity contribution in [2.75, 3.05) is 26.2 Å². The van der Waals surface area contributed by atoms with Gasteiger partial charge in [0.1, 0.15) is 0 Å². The molecule has 3 N–H and O–H groups in total. The fourth-order valence-electron chi connectivity index (χ4n) is 2.42. The third kappa shape index (κ3) is 3.37. The standard InChI is InChI=1S/C14H19BN2O2/c1-3-12-8-13(10-17-6-4-16-5-7-17)11(2)14(9-12)15(18)19/h1,8-9,16,18-19H,4-7,10H2,2H3. The molecule has 5 heteroatoms. The Hall–Kier alpha value is -1.32. The molecule has 0 amide bonds. The lowest BCUT2D eigenvalue weighted by Gasteiger charge is -2.28. The van der Waals surface area contributed by atoms with E-state index in [0.717, 1.165) is 43.9 Å². The summed E-state index contributed by atoms with van der Waals surface area (Å²) in [7, 11) is -1.48. The van der Waals surface area contributed by atoms with Crippen LogP contribution in [0.3, 0.4) is 0 Å². The Bertz CT molecular complexity index is 491. The second-order valence-corrected chi connectivity index (χ2v) is 4.89. The zero-order valence-electron chi connectivity index (χ0n) is 11.2. The van der Waals surface area contributed by atoms with Gasteiger partial charge in [0.2, 0.25) is 0 Å². The molecular formula is C14H19BN2O2. The minimum Gasteiger partial charge on any atom is -0.423 e. The molecule has 0 unspecified atom stereocenters. The van der Waals surface area contributed by atoms with Crippen molar-refractivity contribution in [3.8, 4) is 12.3 Å². The lowest BCUT2D eigenvalue weighted by molar-refractivity contribution is 0.233. The number of piperazine rings is 1. The second-order valence-electron chi connectivity index (χ2n) is 4.89. The maximum Gasteiger partial charge on any atom is 0.488 e. The molecule has 1 heterocycles. The highest BCUT2D eigenvalue weighted by Gasteiger charge is 2.19. The average molecular weight is 258 g/mol. The maximum atomic E-state index is 9.42. The van der Waals surface area contributed by atoms with Gasteiger partial charge in [-0.3, -0.25) is 4.90 Å². The molecular weight excluding hydrogens is 239 g/mol. The quantitative estimate of drug-likeness (QED) is 0.484. The van der Waals surface area contributed by atoms with Gasteiger partial charge in [-0.1, -0.05) is 5.92 Å². The van der Waals surface area contributed by atoms with Crippen molar-refractivity contribution in [2.24, 2.45) is 0 Å². The van der Waals surface area contributed by atoms with Crippen LogP contribution in [0.4, 0.5) is 0 Å². The van der Waals surface area contributed by atoms with Gasteiger partial charge in [-0.2, -0.15) is 0 Å². The van der Waals surface area contributed by atoms with Crippen LogP contribution in [0.15, 0.2) is 12.1 Å². The molecule has 1 aliphatic rings. The summed E-state index contributed by atoms with van der Waals surface area (Å²) in [6, 6.07) is 3.63. The number of nitrogens with one attached hydrogen (secondary N) is 1. The molecule has 0 atom stereocenters. The van der Waals surface area contributed by atoms with Crippen LogP contribution >= 0.6 is 0 Å². The molecule has 4 nitrogen and oxygen atoms in total. The van der Waals surface area contributed by atoms with Crippen LogP contribution in [0.5, 0.6) is 0 Å². The largest absolute Gasteiger partial charge is 0.488 e. The van der Waals surface area contributed by atoms with Crippen molar-refractivity contribution >= 4 is 12.6 Å². The monoisotopic (exact) mass is 258 g/mol. The van der Waals surface area contributed by atoms with Crippen molar-refractivity contribution in [1.82, 2.24) is 10.2 Å². The Morgan fingerprint density at radius 3 is 2.63 bits per heavy atom. The first-order valence-electron chi connectivity index (χ1n) is 6.51. The van der Waals surface area contributed by atoms with E-state index in [1.807, 2.05) is 13.0 Å². The number of nitrogens with zero attached hydrogens (tertiary/aromatic N) is 1. The first-order chi connectivity index (χ1) is 9.11. The van der Waals surface area contributed by atoms with Crippen LogP contribution in [0.2, 0.25) is 0 Å². The van der Waals surface area contributed by atoms with Crippen molar-refractivity contribution in [2.45, 2.75) is 13.5 Å². The summed E-state index contributed by atoms with van der Waals surface area (Å²) in [6.07, 6.45) is 5.43. The van der Waals surface area contributed by atoms with Crippen LogP contribution in [0, 0.1) is 19.3 Å². The minimum absolute atomic E-state index is 0.501. The summed E-state index contributed by atoms with van der Waals surface area (Å²) in [5, 5.41) is 22.1. The Morgan fingerprint density at radius 2 is 2.05 bits per heavy atom. The fourth-order valence-corrected chi connectivity index (χ4v) is 2.42. The van der Waals surface area contributed by atoms with Crippen LogP contribution in [0.1, 0.15) is 16.7 Å². The smallest absolute Gasteiger partial charge is 0.423 e. The third-order valence-electron chi connectivity index (χ3n) is 3.60. The predicted molar refractivity (Wildman–Crippen MR) is 77.1 cm³/mol. The van der Waals surface area contributed by atoms with E-state index in [1.54, 1.807) is 6.07 Å². The van der Waals surface area contributed by atoms with Gasteiger partial charge in [0.15, 0.2) is 0 Å². The highest BCUT2D eigenvalue weighted by molar-refractivity contribution is 6.59. The van der Waals surface area contributed by atoms with Gasteiger partial charge in [0, 0.05) is 38.3 Å². The second kappa shape index (κ2) is 6.22. The minimum atomic E-state index is -1.48. The van der Waals surface area contributed by atoms with Crippen molar-refractivity contribution in [3.05, 3.63) is 28.8 Å². The SMILES string of the molecule is C#Cc1cc(CN2CCNCC2)c(C)c(B(O)O)c1. The van der Waals surface area contributed by atoms with E-state index in [1.165, 1.54) is 0 Å². The average Bonchev–Trinajstić information content (AvgIpc) is 2.42. The summed E-state index contributed by atoms with van der Waals surface area (Å²) < 4.78 is 0. The number of terminal acetylenes is 1. The lowest BCUT2D eigenvalue weighted by Crippen LogP contribution is -2.43. The van der Waals surface area contributed by atoms with Gasteiger partial charge in [-0.15, -0.1) is 6.42 Å². The molecule has 1 aromatic rings. The zero-order valence-corrected chi connectivity index (χ0v) is 11.2. The van der Waals surface area contributed by atoms with Gasteiger partial charge in [0.25, 0.3) is 0 Å². The van der Waals surface area contributed by atoms with Gasteiger partial charge in [-0.05, 0) is 35.6 Å². The highest BCUT2D eigenvalue weighted by atomic mass is 16.4. The summed E-state index contributed by atoms with van der Waals surface area (Å²) in [4.78, 5) is 2.34. The highest BCUT2D eigenvalue weighted by Crippen LogP contribution is 2.13. The van der Waals surface area contributed by atoms with Gasteiger partial charge < -0.3 is 15.4 Å². The van der Waals surface area contributed by atoms with E-state index >= 15 is 0 Å². The normalized spacial score (nSPS) is 16.1. The Balaban J connectivity index is 2.27. The Labute approximate surface area is 114 Å². The number of hydrogen-bond acceptors (Lipinski definition) is 4. The summed E-state index contributed by atoms with van der Waals surface area (Å²) in [5.74, 6) is 2.57. The molecule has 0 aromatic heterocycles. The van der Waals surface area contributed by atoms with Gasteiger partial charge in [-0.25, -0.2) is 0 Å². The molecule has 1 aromatic carbocycles. The van der Waals surface area contributed by atoms with Crippen LogP contribution in [-0.2, 0) is 6.54 Å². The Morgan fingerprint density at radius 1 is 1.37 bits per heavy atom. The van der Waals surface area contributed by atoms with Crippen molar-refractivity contribution in [1.29, 1.82) is 0 Å². The van der Waals surface area contributed by atoms with E-state index in [0.29, 0.717) is 11.0 Å². The molecule has 100 valence electrons. The fraction of sp³-hybridized carbons (Fsp3) is 0.429. The number of benzene rings is 1. The van der Waals surface area contributed by atoms with Gasteiger partial charge in [0.05, 0.1) is 0 Å². The molecule has 0 saturated carbocycles. The molecule has 2 rings (SSSR count). The van der Waals surface area contributed by atoms with E-state index in [9.17, 15) is 10.0 Å². The summed E-state index contributed by atoms with van der Waals surface area (Å²) in [6.45, 7) is 6.68. The molecule has 0 radical (unpaired) electrons. The summed E-state index contributed by atoms with van der Waals surface area (Å²) >= 11 is 0. The van der Waals surface area contributed by atoms with E-state index in [4.69, 9.17) is 6.42 Å². The topological polar surface area (TPSA) is 55.7 Å². The number of rotatable bonds is 3. The molecule has 0 aliphatic carbocycles. The van der Waals surface area contributed by atoms with Crippen LogP contribution in [-0.4, -0.2) is 48.2 Å². The van der Waals surface area contributed by atoms with E-state index in [2.05, 4.69) is 16.1 Å². The number of hydrogen-bond donors (Lipinski definition) is 3. The van der Waals surface area contributed by atoms with Crippen LogP contribution < -0.4 is 10.8 Å². The predicted octanol–water partition coefficient (Wildman–Crippen LogP) is -0.939. The Kier molecular flexibility index (Phi) is 4.62. The van der Waals surface area contributed by atoms with Crippen molar-refractivity contribution in [3.63, 3.8) is 0 Å². The van der Waals surface area contributed by atoms with Crippen LogP contribution in [0.25, 0.3) is 0 Å². The van der Waals surface area contributed by atoms with E-state index < -0.39 is 7.12 Å².